The molecule has 0 aliphatic heterocycles. The number of unbranched alkanes of at least 4 members (excludes halogenated alkanes) is 15. The molecule has 3 heteroatoms. The molecule has 3 nitrogen and oxygen atoms in total. The molecular weight excluding hydrogens is 360 g/mol. The lowest BCUT2D eigenvalue weighted by atomic mass is 10.1. The molecule has 172 valence electrons. The molecule has 1 N–H and O–H groups in total. The van der Waals surface area contributed by atoms with Gasteiger partial charge >= 0.3 is 5.97 Å². The molecule has 0 radical (unpaired) electrons. The first kappa shape index (κ1) is 28.2. The Bertz CT molecular complexity index is 361. The Morgan fingerprint density at radius 2 is 1.17 bits per heavy atom. The fraction of sp³-hybridized carbons (Fsp3) is 0.885. The molecule has 0 aliphatic carbocycles. The van der Waals surface area contributed by atoms with Crippen molar-refractivity contribution in [3.8, 4) is 0 Å². The molecule has 0 saturated heterocycles. The van der Waals surface area contributed by atoms with Gasteiger partial charge in [0.25, 0.3) is 0 Å². The van der Waals surface area contributed by atoms with Crippen LogP contribution >= 0.6 is 0 Å². The number of aliphatic hydroxyl groups excluding tert-OH is 1. The number of hydrogen-bond acceptors (Lipinski definition) is 3. The van der Waals surface area contributed by atoms with Gasteiger partial charge in [-0.3, -0.25) is 4.79 Å². The van der Waals surface area contributed by atoms with E-state index in [2.05, 4.69) is 19.1 Å². The van der Waals surface area contributed by atoms with E-state index < -0.39 is 0 Å². The molecule has 29 heavy (non-hydrogen) atoms. The first-order chi connectivity index (χ1) is 14.2. The zero-order chi connectivity index (χ0) is 21.4. The van der Waals surface area contributed by atoms with Crippen LogP contribution in [0.5, 0.6) is 0 Å². The van der Waals surface area contributed by atoms with E-state index in [1.54, 1.807) is 0 Å². The molecule has 0 amide bonds. The van der Waals surface area contributed by atoms with Crippen LogP contribution < -0.4 is 0 Å². The fourth-order valence-electron chi connectivity index (χ4n) is 3.54. The van der Waals surface area contributed by atoms with Crippen molar-refractivity contribution in [2.75, 3.05) is 6.61 Å². The van der Waals surface area contributed by atoms with Gasteiger partial charge in [0.1, 0.15) is 6.10 Å². The Labute approximate surface area is 181 Å². The van der Waals surface area contributed by atoms with Crippen LogP contribution in [0.25, 0.3) is 0 Å². The van der Waals surface area contributed by atoms with Crippen molar-refractivity contribution < 1.29 is 14.6 Å². The third-order valence-electron chi connectivity index (χ3n) is 5.60. The number of aliphatic hydroxyl groups is 1. The summed E-state index contributed by atoms with van der Waals surface area (Å²) in [6.45, 7) is 4.12. The Hall–Kier alpha value is -0.830. The first-order valence-corrected chi connectivity index (χ1v) is 12.7. The van der Waals surface area contributed by atoms with Gasteiger partial charge in [-0.15, -0.1) is 0 Å². The first-order valence-electron chi connectivity index (χ1n) is 12.7. The smallest absolute Gasteiger partial charge is 0.306 e. The van der Waals surface area contributed by atoms with Gasteiger partial charge in [0.15, 0.2) is 0 Å². The second-order valence-corrected chi connectivity index (χ2v) is 8.45. The summed E-state index contributed by atoms with van der Waals surface area (Å²) in [6.07, 6.45) is 27.7. The molecule has 0 aromatic carbocycles. The van der Waals surface area contributed by atoms with Crippen LogP contribution in [0.15, 0.2) is 12.2 Å². The van der Waals surface area contributed by atoms with Gasteiger partial charge in [-0.2, -0.15) is 0 Å². The largest absolute Gasteiger partial charge is 0.460 e. The third kappa shape index (κ3) is 21.7. The van der Waals surface area contributed by atoms with Gasteiger partial charge in [-0.25, -0.2) is 0 Å². The summed E-state index contributed by atoms with van der Waals surface area (Å²) in [4.78, 5) is 11.6. The highest BCUT2D eigenvalue weighted by molar-refractivity contribution is 5.69. The Kier molecular flexibility index (Phi) is 22.8. The summed E-state index contributed by atoms with van der Waals surface area (Å²) < 4.78 is 5.19. The van der Waals surface area contributed by atoms with Gasteiger partial charge in [0.05, 0.1) is 6.61 Å². The number of esters is 1. The topological polar surface area (TPSA) is 46.5 Å². The molecule has 0 bridgehead atoms. The van der Waals surface area contributed by atoms with Gasteiger partial charge in [-0.1, -0.05) is 103 Å². The molecule has 0 heterocycles. The van der Waals surface area contributed by atoms with Crippen molar-refractivity contribution >= 4 is 5.97 Å². The molecular formula is C26H50O3. The van der Waals surface area contributed by atoms with Crippen LogP contribution in [0, 0.1) is 0 Å². The highest BCUT2D eigenvalue weighted by atomic mass is 16.5. The lowest BCUT2D eigenvalue weighted by Gasteiger charge is -2.12. The van der Waals surface area contributed by atoms with Crippen LogP contribution in [0.2, 0.25) is 0 Å². The van der Waals surface area contributed by atoms with E-state index in [1.165, 1.54) is 96.3 Å². The maximum Gasteiger partial charge on any atom is 0.306 e. The van der Waals surface area contributed by atoms with Crippen LogP contribution in [-0.2, 0) is 9.53 Å². The highest BCUT2D eigenvalue weighted by Gasteiger charge is 2.10. The minimum Gasteiger partial charge on any atom is -0.460 e. The van der Waals surface area contributed by atoms with E-state index in [-0.39, 0.29) is 18.7 Å². The highest BCUT2D eigenvalue weighted by Crippen LogP contribution is 2.13. The van der Waals surface area contributed by atoms with E-state index in [4.69, 9.17) is 9.84 Å². The fourth-order valence-corrected chi connectivity index (χ4v) is 3.54. The summed E-state index contributed by atoms with van der Waals surface area (Å²) in [6, 6.07) is 0. The molecule has 0 rings (SSSR count). The van der Waals surface area contributed by atoms with Gasteiger partial charge < -0.3 is 9.84 Å². The normalized spacial score (nSPS) is 12.5. The summed E-state index contributed by atoms with van der Waals surface area (Å²) >= 11 is 0. The van der Waals surface area contributed by atoms with Crippen molar-refractivity contribution in [3.05, 3.63) is 12.2 Å². The zero-order valence-corrected chi connectivity index (χ0v) is 19.6. The van der Waals surface area contributed by atoms with E-state index in [0.717, 1.165) is 12.8 Å². The Morgan fingerprint density at radius 1 is 0.724 bits per heavy atom. The number of allylic oxidation sites excluding steroid dienone is 2. The van der Waals surface area contributed by atoms with Crippen molar-refractivity contribution in [2.45, 2.75) is 142 Å². The molecule has 0 aromatic heterocycles. The number of ether oxygens (including phenoxy) is 1. The molecule has 0 fully saturated rings. The number of hydrogen-bond donors (Lipinski definition) is 1. The maximum atomic E-state index is 11.6. The van der Waals surface area contributed by atoms with Crippen LogP contribution in [0.3, 0.4) is 0 Å². The Balaban J connectivity index is 3.22. The molecule has 0 aromatic rings. The summed E-state index contributed by atoms with van der Waals surface area (Å²) in [5.74, 6) is -0.160. The quantitative estimate of drug-likeness (QED) is 0.112. The van der Waals surface area contributed by atoms with Gasteiger partial charge in [-0.05, 0) is 38.5 Å². The second-order valence-electron chi connectivity index (χ2n) is 8.45. The predicted octanol–water partition coefficient (Wildman–Crippen LogP) is 7.90. The monoisotopic (exact) mass is 410 g/mol. The Morgan fingerprint density at radius 3 is 1.62 bits per heavy atom. The molecule has 1 atom stereocenters. The van der Waals surface area contributed by atoms with E-state index >= 15 is 0 Å². The average Bonchev–Trinajstić information content (AvgIpc) is 2.73. The van der Waals surface area contributed by atoms with Crippen LogP contribution in [0.1, 0.15) is 136 Å². The second kappa shape index (κ2) is 23.4. The molecule has 1 unspecified atom stereocenters. The minimum absolute atomic E-state index is 0.0717. The SMILES string of the molecule is CCCCCCCC/C=C\CCCCCCCCCCCC(=O)OC(CC)CO. The van der Waals surface area contributed by atoms with Gasteiger partial charge in [0, 0.05) is 6.42 Å². The minimum atomic E-state index is -0.321. The maximum absolute atomic E-state index is 11.6. The molecule has 0 aliphatic rings. The van der Waals surface area contributed by atoms with Crippen molar-refractivity contribution in [2.24, 2.45) is 0 Å². The summed E-state index contributed by atoms with van der Waals surface area (Å²) in [5, 5.41) is 9.03. The molecule has 0 saturated carbocycles. The van der Waals surface area contributed by atoms with Crippen LogP contribution in [0.4, 0.5) is 0 Å². The van der Waals surface area contributed by atoms with E-state index in [1.807, 2.05) is 6.92 Å². The summed E-state index contributed by atoms with van der Waals surface area (Å²) in [5.41, 5.74) is 0. The number of carbonyl (C=O) groups is 1. The van der Waals surface area contributed by atoms with E-state index in [0.29, 0.717) is 12.8 Å². The third-order valence-corrected chi connectivity index (χ3v) is 5.60. The standard InChI is InChI=1S/C26H50O3/c1-3-5-6-7-8-9-10-11-12-13-14-15-16-17-18-19-20-21-22-23-26(28)29-25(4-2)24-27/h11-12,25,27H,3-10,13-24H2,1-2H3/b12-11-. The van der Waals surface area contributed by atoms with Crippen molar-refractivity contribution in [1.29, 1.82) is 0 Å². The molecule has 0 spiro atoms. The van der Waals surface area contributed by atoms with Crippen molar-refractivity contribution in [1.82, 2.24) is 0 Å². The average molecular weight is 411 g/mol. The lowest BCUT2D eigenvalue weighted by molar-refractivity contribution is -0.151. The summed E-state index contributed by atoms with van der Waals surface area (Å²) in [7, 11) is 0. The van der Waals surface area contributed by atoms with Gasteiger partial charge in [0.2, 0.25) is 0 Å². The number of rotatable bonds is 22. The number of carbonyl (C=O) groups excluding carboxylic acids is 1. The predicted molar refractivity (Wildman–Crippen MR) is 125 cm³/mol. The van der Waals surface area contributed by atoms with Crippen molar-refractivity contribution in [3.63, 3.8) is 0 Å². The van der Waals surface area contributed by atoms with E-state index in [9.17, 15) is 4.79 Å². The van der Waals surface area contributed by atoms with Crippen LogP contribution in [-0.4, -0.2) is 23.8 Å². The zero-order valence-electron chi connectivity index (χ0n) is 19.6. The lowest BCUT2D eigenvalue weighted by Crippen LogP contribution is -2.20.